The topological polar surface area (TPSA) is 55.1 Å². The van der Waals surface area contributed by atoms with E-state index in [1.54, 1.807) is 12.1 Å². The molecular weight excluding hydrogens is 260 g/mol. The summed E-state index contributed by atoms with van der Waals surface area (Å²) in [6.45, 7) is 6.99. The molecule has 0 aromatic heterocycles. The summed E-state index contributed by atoms with van der Waals surface area (Å²) >= 11 is 0. The van der Waals surface area contributed by atoms with E-state index in [4.69, 9.17) is 5.73 Å². The van der Waals surface area contributed by atoms with E-state index in [2.05, 4.69) is 26.1 Å². The van der Waals surface area contributed by atoms with E-state index in [0.29, 0.717) is 22.7 Å². The molecule has 1 aliphatic carbocycles. The van der Waals surface area contributed by atoms with E-state index in [9.17, 15) is 4.79 Å². The fourth-order valence-electron chi connectivity index (χ4n) is 3.27. The third-order valence-corrected chi connectivity index (χ3v) is 5.28. The zero-order chi connectivity index (χ0) is 15.5. The first-order chi connectivity index (χ1) is 9.94. The highest BCUT2D eigenvalue weighted by atomic mass is 16.1. The maximum absolute atomic E-state index is 12.3. The summed E-state index contributed by atoms with van der Waals surface area (Å²) < 4.78 is 0. The van der Waals surface area contributed by atoms with Crippen LogP contribution in [0.25, 0.3) is 0 Å². The number of hydrogen-bond donors (Lipinski definition) is 2. The molecule has 1 amide bonds. The smallest absolute Gasteiger partial charge is 0.253 e. The molecule has 0 heterocycles. The fraction of sp³-hybridized carbons (Fsp3) is 0.611. The summed E-state index contributed by atoms with van der Waals surface area (Å²) in [5, 5.41) is 3.15. The van der Waals surface area contributed by atoms with Gasteiger partial charge in [-0.1, -0.05) is 39.3 Å². The zero-order valence-corrected chi connectivity index (χ0v) is 13.5. The van der Waals surface area contributed by atoms with Gasteiger partial charge in [-0.05, 0) is 49.1 Å². The van der Waals surface area contributed by atoms with Gasteiger partial charge in [0.2, 0.25) is 0 Å². The van der Waals surface area contributed by atoms with Gasteiger partial charge in [0.25, 0.3) is 5.91 Å². The number of carbonyl (C=O) groups excluding carboxylic acids is 1. The van der Waals surface area contributed by atoms with Crippen molar-refractivity contribution in [1.82, 2.24) is 5.32 Å². The van der Waals surface area contributed by atoms with Crippen LogP contribution in [0.4, 0.5) is 5.69 Å². The third kappa shape index (κ3) is 3.78. The van der Waals surface area contributed by atoms with Crippen LogP contribution in [0.2, 0.25) is 0 Å². The molecule has 0 bridgehead atoms. The van der Waals surface area contributed by atoms with Crippen LogP contribution in [-0.4, -0.2) is 11.9 Å². The third-order valence-electron chi connectivity index (χ3n) is 5.28. The average Bonchev–Trinajstić information content (AvgIpc) is 2.48. The van der Waals surface area contributed by atoms with E-state index >= 15 is 0 Å². The van der Waals surface area contributed by atoms with Gasteiger partial charge in [-0.2, -0.15) is 0 Å². The maximum Gasteiger partial charge on any atom is 0.253 e. The number of benzene rings is 1. The summed E-state index contributed by atoms with van der Waals surface area (Å²) in [6, 6.07) is 7.56. The van der Waals surface area contributed by atoms with Crippen LogP contribution < -0.4 is 11.1 Å². The first-order valence-electron chi connectivity index (χ1n) is 8.09. The minimum atomic E-state index is -0.0358. The lowest BCUT2D eigenvalue weighted by Crippen LogP contribution is -2.40. The average molecular weight is 288 g/mol. The molecule has 3 nitrogen and oxygen atoms in total. The highest BCUT2D eigenvalue weighted by Crippen LogP contribution is 2.40. The number of amides is 1. The van der Waals surface area contributed by atoms with Gasteiger partial charge in [0.1, 0.15) is 0 Å². The van der Waals surface area contributed by atoms with Crippen molar-refractivity contribution >= 4 is 11.6 Å². The van der Waals surface area contributed by atoms with Gasteiger partial charge < -0.3 is 11.1 Å². The standard InChI is InChI=1S/C18H28N2O/c1-4-18(2,3)13-9-11-14(12-10-13)20-17(21)15-7-5-6-8-16(15)19/h5-8,13-14H,4,9-12,19H2,1-3H3,(H,20,21). The van der Waals surface area contributed by atoms with Crippen molar-refractivity contribution in [3.8, 4) is 0 Å². The van der Waals surface area contributed by atoms with Crippen molar-refractivity contribution in [3.63, 3.8) is 0 Å². The number of rotatable bonds is 4. The van der Waals surface area contributed by atoms with Crippen molar-refractivity contribution in [2.24, 2.45) is 11.3 Å². The second kappa shape index (κ2) is 6.50. The van der Waals surface area contributed by atoms with Crippen LogP contribution in [-0.2, 0) is 0 Å². The number of anilines is 1. The van der Waals surface area contributed by atoms with E-state index in [1.165, 1.54) is 19.3 Å². The first kappa shape index (κ1) is 15.9. The van der Waals surface area contributed by atoms with E-state index in [1.807, 2.05) is 12.1 Å². The Morgan fingerprint density at radius 3 is 2.43 bits per heavy atom. The molecule has 0 atom stereocenters. The van der Waals surface area contributed by atoms with E-state index < -0.39 is 0 Å². The lowest BCUT2D eigenvalue weighted by molar-refractivity contribution is 0.0894. The molecule has 3 heteroatoms. The predicted octanol–water partition coefficient (Wildman–Crippen LogP) is 3.99. The Balaban J connectivity index is 1.89. The van der Waals surface area contributed by atoms with E-state index in [0.717, 1.165) is 18.8 Å². The molecule has 2 rings (SSSR count). The van der Waals surface area contributed by atoms with Crippen molar-refractivity contribution < 1.29 is 4.79 Å². The molecule has 1 aliphatic rings. The minimum Gasteiger partial charge on any atom is -0.398 e. The van der Waals surface area contributed by atoms with E-state index in [-0.39, 0.29) is 5.91 Å². The molecule has 3 N–H and O–H groups in total. The monoisotopic (exact) mass is 288 g/mol. The molecule has 0 unspecified atom stereocenters. The number of para-hydroxylation sites is 1. The van der Waals surface area contributed by atoms with Gasteiger partial charge in [-0.15, -0.1) is 0 Å². The molecule has 0 saturated heterocycles. The molecule has 0 aliphatic heterocycles. The Hall–Kier alpha value is -1.51. The fourth-order valence-corrected chi connectivity index (χ4v) is 3.27. The molecule has 0 radical (unpaired) electrons. The van der Waals surface area contributed by atoms with Crippen LogP contribution in [0.15, 0.2) is 24.3 Å². The molecule has 0 spiro atoms. The number of nitrogens with two attached hydrogens (primary N) is 1. The quantitative estimate of drug-likeness (QED) is 0.823. The van der Waals surface area contributed by atoms with Crippen molar-refractivity contribution in [3.05, 3.63) is 29.8 Å². The van der Waals surface area contributed by atoms with Gasteiger partial charge in [0.05, 0.1) is 5.56 Å². The van der Waals surface area contributed by atoms with Crippen LogP contribution >= 0.6 is 0 Å². The van der Waals surface area contributed by atoms with Crippen molar-refractivity contribution in [2.75, 3.05) is 5.73 Å². The van der Waals surface area contributed by atoms with Gasteiger partial charge in [0, 0.05) is 11.7 Å². The van der Waals surface area contributed by atoms with Crippen LogP contribution in [0, 0.1) is 11.3 Å². The predicted molar refractivity (Wildman–Crippen MR) is 88.1 cm³/mol. The Labute approximate surface area is 128 Å². The molecule has 1 fully saturated rings. The molecule has 116 valence electrons. The van der Waals surface area contributed by atoms with Gasteiger partial charge in [0.15, 0.2) is 0 Å². The highest BCUT2D eigenvalue weighted by molar-refractivity contribution is 5.99. The SMILES string of the molecule is CCC(C)(C)C1CCC(NC(=O)c2ccccc2N)CC1. The normalized spacial score (nSPS) is 22.8. The molecule has 1 saturated carbocycles. The Morgan fingerprint density at radius 2 is 1.86 bits per heavy atom. The number of carbonyl (C=O) groups is 1. The molecule has 1 aromatic carbocycles. The summed E-state index contributed by atoms with van der Waals surface area (Å²) in [6.07, 6.45) is 5.78. The Bertz CT molecular complexity index is 488. The lowest BCUT2D eigenvalue weighted by Gasteiger charge is -2.39. The van der Waals surface area contributed by atoms with Crippen LogP contribution in [0.5, 0.6) is 0 Å². The largest absolute Gasteiger partial charge is 0.398 e. The van der Waals surface area contributed by atoms with Gasteiger partial charge in [-0.25, -0.2) is 0 Å². The second-order valence-electron chi connectivity index (χ2n) is 6.95. The van der Waals surface area contributed by atoms with Crippen LogP contribution in [0.3, 0.4) is 0 Å². The van der Waals surface area contributed by atoms with Gasteiger partial charge in [-0.3, -0.25) is 4.79 Å². The summed E-state index contributed by atoms with van der Waals surface area (Å²) in [5.74, 6) is 0.740. The lowest BCUT2D eigenvalue weighted by atomic mass is 9.69. The second-order valence-corrected chi connectivity index (χ2v) is 6.95. The number of nitrogen functional groups attached to an aromatic ring is 1. The number of nitrogens with one attached hydrogen (secondary N) is 1. The zero-order valence-electron chi connectivity index (χ0n) is 13.5. The van der Waals surface area contributed by atoms with Crippen molar-refractivity contribution in [1.29, 1.82) is 0 Å². The summed E-state index contributed by atoms with van der Waals surface area (Å²) in [7, 11) is 0. The first-order valence-corrected chi connectivity index (χ1v) is 8.09. The molecule has 21 heavy (non-hydrogen) atoms. The molecular formula is C18H28N2O. The Kier molecular flexibility index (Phi) is 4.92. The number of hydrogen-bond acceptors (Lipinski definition) is 2. The highest BCUT2D eigenvalue weighted by Gasteiger charge is 2.32. The summed E-state index contributed by atoms with van der Waals surface area (Å²) in [5.41, 5.74) is 7.42. The van der Waals surface area contributed by atoms with Crippen LogP contribution in [0.1, 0.15) is 63.2 Å². The van der Waals surface area contributed by atoms with Crippen molar-refractivity contribution in [2.45, 2.75) is 58.9 Å². The molecule has 1 aromatic rings. The Morgan fingerprint density at radius 1 is 1.24 bits per heavy atom. The summed E-state index contributed by atoms with van der Waals surface area (Å²) in [4.78, 5) is 12.3. The van der Waals surface area contributed by atoms with Gasteiger partial charge >= 0.3 is 0 Å². The maximum atomic E-state index is 12.3. The minimum absolute atomic E-state index is 0.0358.